The molecule has 0 fully saturated rings. The molecule has 2 amide bonds. The van der Waals surface area contributed by atoms with E-state index in [9.17, 15) is 9.59 Å². The van der Waals surface area contributed by atoms with Crippen LogP contribution in [0.5, 0.6) is 5.75 Å². The smallest absolute Gasteiger partial charge is 0.319 e. The number of urea groups is 1. The van der Waals surface area contributed by atoms with E-state index in [1.807, 2.05) is 0 Å². The van der Waals surface area contributed by atoms with Crippen LogP contribution in [0.25, 0.3) is 0 Å². The van der Waals surface area contributed by atoms with Gasteiger partial charge in [-0.05, 0) is 18.6 Å². The summed E-state index contributed by atoms with van der Waals surface area (Å²) in [6, 6.07) is 6.61. The molecule has 0 aliphatic rings. The van der Waals surface area contributed by atoms with Gasteiger partial charge < -0.3 is 25.2 Å². The Labute approximate surface area is 123 Å². The minimum Gasteiger partial charge on any atom is -0.491 e. The van der Waals surface area contributed by atoms with Crippen molar-refractivity contribution in [2.75, 3.05) is 32.2 Å². The molecule has 0 bridgehead atoms. The minimum atomic E-state index is -0.877. The molecule has 0 unspecified atom stereocenters. The van der Waals surface area contributed by atoms with Gasteiger partial charge in [-0.2, -0.15) is 0 Å². The van der Waals surface area contributed by atoms with Gasteiger partial charge in [-0.3, -0.25) is 4.79 Å². The molecule has 1 rings (SSSR count). The lowest BCUT2D eigenvalue weighted by Crippen LogP contribution is -2.29. The second-order valence-electron chi connectivity index (χ2n) is 4.25. The van der Waals surface area contributed by atoms with Crippen LogP contribution in [-0.4, -0.2) is 44.0 Å². The Balaban J connectivity index is 2.34. The fourth-order valence-corrected chi connectivity index (χ4v) is 1.52. The first-order valence-corrected chi connectivity index (χ1v) is 6.60. The van der Waals surface area contributed by atoms with Crippen LogP contribution in [0.4, 0.5) is 10.5 Å². The van der Waals surface area contributed by atoms with Crippen molar-refractivity contribution in [3.8, 4) is 5.75 Å². The van der Waals surface area contributed by atoms with Crippen LogP contribution < -0.4 is 15.4 Å². The van der Waals surface area contributed by atoms with Gasteiger partial charge in [0.05, 0.1) is 6.61 Å². The molecule has 0 saturated heterocycles. The van der Waals surface area contributed by atoms with Crippen LogP contribution in [0.2, 0.25) is 0 Å². The third kappa shape index (κ3) is 7.78. The molecular weight excluding hydrogens is 276 g/mol. The second kappa shape index (κ2) is 9.60. The standard InChI is InChI=1S/C14H20N2O5/c1-20-8-9-21-12-5-2-4-11(10-12)16-14(19)15-7-3-6-13(17)18/h2,4-5,10H,3,6-9H2,1H3,(H,17,18)(H2,15,16,19). The van der Waals surface area contributed by atoms with E-state index >= 15 is 0 Å². The molecule has 0 saturated carbocycles. The van der Waals surface area contributed by atoms with Crippen LogP contribution in [0.15, 0.2) is 24.3 Å². The van der Waals surface area contributed by atoms with Gasteiger partial charge in [0.25, 0.3) is 0 Å². The molecule has 116 valence electrons. The number of aliphatic carboxylic acids is 1. The number of carbonyl (C=O) groups is 2. The van der Waals surface area contributed by atoms with Crippen LogP contribution in [0, 0.1) is 0 Å². The SMILES string of the molecule is COCCOc1cccc(NC(=O)NCCCC(=O)O)c1. The van der Waals surface area contributed by atoms with E-state index in [0.29, 0.717) is 37.6 Å². The van der Waals surface area contributed by atoms with Crippen molar-refractivity contribution < 1.29 is 24.2 Å². The highest BCUT2D eigenvalue weighted by molar-refractivity contribution is 5.89. The van der Waals surface area contributed by atoms with Crippen molar-refractivity contribution in [3.05, 3.63) is 24.3 Å². The van der Waals surface area contributed by atoms with E-state index in [1.54, 1.807) is 31.4 Å². The van der Waals surface area contributed by atoms with E-state index < -0.39 is 5.97 Å². The highest BCUT2D eigenvalue weighted by Gasteiger charge is 2.03. The lowest BCUT2D eigenvalue weighted by atomic mass is 10.3. The topological polar surface area (TPSA) is 96.9 Å². The van der Waals surface area contributed by atoms with Crippen molar-refractivity contribution in [3.63, 3.8) is 0 Å². The number of ether oxygens (including phenoxy) is 2. The Bertz CT molecular complexity index is 464. The predicted molar refractivity (Wildman–Crippen MR) is 77.7 cm³/mol. The molecule has 0 heterocycles. The number of hydrogen-bond acceptors (Lipinski definition) is 4. The minimum absolute atomic E-state index is 0.0309. The summed E-state index contributed by atoms with van der Waals surface area (Å²) in [6.07, 6.45) is 0.423. The van der Waals surface area contributed by atoms with Gasteiger partial charge >= 0.3 is 12.0 Å². The molecule has 0 aliphatic carbocycles. The molecule has 21 heavy (non-hydrogen) atoms. The number of methoxy groups -OCH3 is 1. The summed E-state index contributed by atoms with van der Waals surface area (Å²) in [4.78, 5) is 21.9. The Morgan fingerprint density at radius 3 is 2.81 bits per heavy atom. The average Bonchev–Trinajstić information content (AvgIpc) is 2.44. The van der Waals surface area contributed by atoms with Gasteiger partial charge in [0.1, 0.15) is 12.4 Å². The molecule has 7 heteroatoms. The zero-order valence-corrected chi connectivity index (χ0v) is 11.9. The fourth-order valence-electron chi connectivity index (χ4n) is 1.52. The van der Waals surface area contributed by atoms with E-state index in [2.05, 4.69) is 10.6 Å². The predicted octanol–water partition coefficient (Wildman–Crippen LogP) is 1.70. The lowest BCUT2D eigenvalue weighted by molar-refractivity contribution is -0.137. The van der Waals surface area contributed by atoms with Crippen LogP contribution >= 0.6 is 0 Å². The van der Waals surface area contributed by atoms with Crippen LogP contribution in [0.1, 0.15) is 12.8 Å². The molecule has 0 spiro atoms. The summed E-state index contributed by atoms with van der Waals surface area (Å²) in [5.41, 5.74) is 0.598. The third-order valence-corrected chi connectivity index (χ3v) is 2.50. The van der Waals surface area contributed by atoms with Gasteiger partial charge in [0, 0.05) is 31.8 Å². The maximum Gasteiger partial charge on any atom is 0.319 e. The monoisotopic (exact) mass is 296 g/mol. The third-order valence-electron chi connectivity index (χ3n) is 2.50. The van der Waals surface area contributed by atoms with Gasteiger partial charge in [0.2, 0.25) is 0 Å². The average molecular weight is 296 g/mol. The van der Waals surface area contributed by atoms with Crippen LogP contribution in [0.3, 0.4) is 0 Å². The molecule has 3 N–H and O–H groups in total. The molecule has 0 aliphatic heterocycles. The van der Waals surface area contributed by atoms with E-state index in [-0.39, 0.29) is 12.5 Å². The van der Waals surface area contributed by atoms with E-state index in [1.165, 1.54) is 0 Å². The first kappa shape index (κ1) is 16.8. The van der Waals surface area contributed by atoms with E-state index in [4.69, 9.17) is 14.6 Å². The number of hydrogen-bond donors (Lipinski definition) is 3. The fraction of sp³-hybridized carbons (Fsp3) is 0.429. The molecule has 0 radical (unpaired) electrons. The normalized spacial score (nSPS) is 9.95. The summed E-state index contributed by atoms with van der Waals surface area (Å²) in [7, 11) is 1.59. The summed E-state index contributed by atoms with van der Waals surface area (Å²) in [5.74, 6) is -0.242. The van der Waals surface area contributed by atoms with Crippen molar-refractivity contribution in [2.24, 2.45) is 0 Å². The quantitative estimate of drug-likeness (QED) is 0.603. The number of carbonyl (C=O) groups excluding carboxylic acids is 1. The summed E-state index contributed by atoms with van der Waals surface area (Å²) in [5, 5.41) is 13.7. The summed E-state index contributed by atoms with van der Waals surface area (Å²) in [6.45, 7) is 1.23. The first-order chi connectivity index (χ1) is 10.1. The highest BCUT2D eigenvalue weighted by Crippen LogP contribution is 2.17. The summed E-state index contributed by atoms with van der Waals surface area (Å²) >= 11 is 0. The molecule has 1 aromatic carbocycles. The molecule has 0 atom stereocenters. The molecule has 0 aromatic heterocycles. The Kier molecular flexibility index (Phi) is 7.67. The largest absolute Gasteiger partial charge is 0.491 e. The van der Waals surface area contributed by atoms with Gasteiger partial charge in [-0.1, -0.05) is 6.07 Å². The number of carboxylic acids is 1. The number of anilines is 1. The Morgan fingerprint density at radius 1 is 1.29 bits per heavy atom. The number of nitrogens with one attached hydrogen (secondary N) is 2. The Hall–Kier alpha value is -2.28. The molecule has 7 nitrogen and oxygen atoms in total. The molecule has 1 aromatic rings. The van der Waals surface area contributed by atoms with Crippen molar-refractivity contribution in [1.29, 1.82) is 0 Å². The first-order valence-electron chi connectivity index (χ1n) is 6.60. The van der Waals surface area contributed by atoms with Crippen molar-refractivity contribution >= 4 is 17.7 Å². The summed E-state index contributed by atoms with van der Waals surface area (Å²) < 4.78 is 10.3. The van der Waals surface area contributed by atoms with Crippen molar-refractivity contribution in [2.45, 2.75) is 12.8 Å². The second-order valence-corrected chi connectivity index (χ2v) is 4.25. The van der Waals surface area contributed by atoms with Gasteiger partial charge in [-0.15, -0.1) is 0 Å². The number of benzene rings is 1. The maximum absolute atomic E-state index is 11.6. The molecular formula is C14H20N2O5. The van der Waals surface area contributed by atoms with Gasteiger partial charge in [-0.25, -0.2) is 4.79 Å². The maximum atomic E-state index is 11.6. The van der Waals surface area contributed by atoms with E-state index in [0.717, 1.165) is 0 Å². The van der Waals surface area contributed by atoms with Crippen LogP contribution in [-0.2, 0) is 9.53 Å². The Morgan fingerprint density at radius 2 is 2.10 bits per heavy atom. The van der Waals surface area contributed by atoms with Crippen molar-refractivity contribution in [1.82, 2.24) is 5.32 Å². The highest BCUT2D eigenvalue weighted by atomic mass is 16.5. The lowest BCUT2D eigenvalue weighted by Gasteiger charge is -2.09. The van der Waals surface area contributed by atoms with Gasteiger partial charge in [0.15, 0.2) is 0 Å². The zero-order chi connectivity index (χ0) is 15.5. The number of carboxylic acid groups (broad SMARTS) is 1. The zero-order valence-electron chi connectivity index (χ0n) is 11.9. The number of amides is 2. The number of rotatable bonds is 9.